The molecule has 0 spiro atoms. The first-order chi connectivity index (χ1) is 19.7. The Bertz CT molecular complexity index is 1900. The molecule has 42 heavy (non-hydrogen) atoms. The molecule has 0 atom stereocenters. The van der Waals surface area contributed by atoms with E-state index in [4.69, 9.17) is 0 Å². The summed E-state index contributed by atoms with van der Waals surface area (Å²) in [6, 6.07) is 5.48. The lowest BCUT2D eigenvalue weighted by Crippen LogP contribution is -2.09. The number of non-ortho nitro benzene ring substituents is 1. The van der Waals surface area contributed by atoms with E-state index in [1.54, 1.807) is 0 Å². The van der Waals surface area contributed by atoms with E-state index in [9.17, 15) is 42.2 Å². The summed E-state index contributed by atoms with van der Waals surface area (Å²) in [6.45, 7) is 1.52. The standard InChI is InChI=1S/C26H8F9N3O4/c1-7-2-3-9-10(4-7)25(11-5-8(37(39)40)6-12(13(9)11)38(41)42)36-26-23(34)18(29)15(19(30)24(26)35)14-16(27)20(31)22(33)21(32)17(14)28/h2-6H,1H3. The Labute approximate surface area is 226 Å². The van der Waals surface area contributed by atoms with Crippen LogP contribution in [-0.2, 0) is 0 Å². The molecular weight excluding hydrogens is 589 g/mol. The minimum absolute atomic E-state index is 0.00994. The Hall–Kier alpha value is -5.28. The average Bonchev–Trinajstić information content (AvgIpc) is 3.25. The van der Waals surface area contributed by atoms with Crippen molar-refractivity contribution in [2.75, 3.05) is 0 Å². The summed E-state index contributed by atoms with van der Waals surface area (Å²) >= 11 is 0. The molecule has 0 radical (unpaired) electrons. The van der Waals surface area contributed by atoms with Crippen LogP contribution in [0.25, 0.3) is 22.3 Å². The summed E-state index contributed by atoms with van der Waals surface area (Å²) in [7, 11) is 0. The average molecular weight is 597 g/mol. The molecule has 1 aliphatic rings. The van der Waals surface area contributed by atoms with Crippen molar-refractivity contribution in [1.29, 1.82) is 0 Å². The van der Waals surface area contributed by atoms with E-state index < -0.39 is 102 Å². The zero-order valence-corrected chi connectivity index (χ0v) is 20.3. The number of rotatable bonds is 4. The van der Waals surface area contributed by atoms with Gasteiger partial charge >= 0.3 is 0 Å². The van der Waals surface area contributed by atoms with Crippen LogP contribution in [0, 0.1) is 79.5 Å². The van der Waals surface area contributed by atoms with Crippen molar-refractivity contribution in [2.24, 2.45) is 4.99 Å². The number of aliphatic imine (C=N–C) groups is 1. The molecular formula is C26H8F9N3O4. The van der Waals surface area contributed by atoms with Gasteiger partial charge in [0.25, 0.3) is 11.4 Å². The van der Waals surface area contributed by atoms with Crippen molar-refractivity contribution in [3.63, 3.8) is 0 Å². The molecule has 4 aromatic rings. The third-order valence-electron chi connectivity index (χ3n) is 6.39. The van der Waals surface area contributed by atoms with Gasteiger partial charge in [-0.2, -0.15) is 0 Å². The lowest BCUT2D eigenvalue weighted by atomic mass is 10.0. The summed E-state index contributed by atoms with van der Waals surface area (Å²) in [5.41, 5.74) is -8.99. The number of hydrogen-bond donors (Lipinski definition) is 0. The van der Waals surface area contributed by atoms with Gasteiger partial charge in [0.05, 0.1) is 38.3 Å². The summed E-state index contributed by atoms with van der Waals surface area (Å²) < 4.78 is 130. The van der Waals surface area contributed by atoms with Gasteiger partial charge in [0.1, 0.15) is 5.69 Å². The second-order valence-electron chi connectivity index (χ2n) is 8.84. The van der Waals surface area contributed by atoms with Crippen molar-refractivity contribution in [1.82, 2.24) is 0 Å². The van der Waals surface area contributed by atoms with Gasteiger partial charge < -0.3 is 0 Å². The molecule has 1 aliphatic carbocycles. The van der Waals surface area contributed by atoms with Crippen LogP contribution in [-0.4, -0.2) is 15.6 Å². The van der Waals surface area contributed by atoms with Crippen LogP contribution in [0.4, 0.5) is 56.6 Å². The normalized spacial score (nSPS) is 13.0. The van der Waals surface area contributed by atoms with E-state index in [0.717, 1.165) is 6.07 Å². The predicted octanol–water partition coefficient (Wildman–Crippen LogP) is 7.88. The molecule has 0 aromatic heterocycles. The molecule has 0 fully saturated rings. The van der Waals surface area contributed by atoms with E-state index >= 15 is 17.6 Å². The Kier molecular flexibility index (Phi) is 6.51. The van der Waals surface area contributed by atoms with Gasteiger partial charge in [-0.15, -0.1) is 0 Å². The van der Waals surface area contributed by atoms with Crippen LogP contribution in [0.3, 0.4) is 0 Å². The highest BCUT2D eigenvalue weighted by molar-refractivity contribution is 6.26. The molecule has 0 saturated heterocycles. The molecule has 0 heterocycles. The van der Waals surface area contributed by atoms with Crippen molar-refractivity contribution in [3.8, 4) is 22.3 Å². The third-order valence-corrected chi connectivity index (χ3v) is 6.39. The second-order valence-corrected chi connectivity index (χ2v) is 8.84. The summed E-state index contributed by atoms with van der Waals surface area (Å²) in [6.07, 6.45) is 0. The third kappa shape index (κ3) is 3.97. The summed E-state index contributed by atoms with van der Waals surface area (Å²) in [5.74, 6) is -23.6. The maximum atomic E-state index is 15.2. The topological polar surface area (TPSA) is 98.6 Å². The van der Waals surface area contributed by atoms with Crippen LogP contribution in [0.1, 0.15) is 16.7 Å². The maximum Gasteiger partial charge on any atom is 0.284 e. The fourth-order valence-corrected chi connectivity index (χ4v) is 4.54. The first-order valence-electron chi connectivity index (χ1n) is 11.2. The van der Waals surface area contributed by atoms with Crippen LogP contribution in [0.15, 0.2) is 35.3 Å². The second kappa shape index (κ2) is 9.67. The highest BCUT2D eigenvalue weighted by atomic mass is 19.2. The van der Waals surface area contributed by atoms with Crippen LogP contribution in [0.2, 0.25) is 0 Å². The van der Waals surface area contributed by atoms with Gasteiger partial charge in [0, 0.05) is 17.2 Å². The highest BCUT2D eigenvalue weighted by Crippen LogP contribution is 2.47. The molecule has 16 heteroatoms. The minimum atomic E-state index is -2.73. The summed E-state index contributed by atoms with van der Waals surface area (Å²) in [5, 5.41) is 23.2. The first kappa shape index (κ1) is 28.3. The van der Waals surface area contributed by atoms with Crippen LogP contribution >= 0.6 is 0 Å². The van der Waals surface area contributed by atoms with Crippen molar-refractivity contribution in [2.45, 2.75) is 6.92 Å². The number of aryl methyl sites for hydroxylation is 1. The lowest BCUT2D eigenvalue weighted by molar-refractivity contribution is -0.393. The van der Waals surface area contributed by atoms with Gasteiger partial charge in [-0.05, 0) is 18.6 Å². The molecule has 214 valence electrons. The fraction of sp³-hybridized carbons (Fsp3) is 0.0385. The first-order valence-corrected chi connectivity index (χ1v) is 11.2. The molecule has 0 amide bonds. The lowest BCUT2D eigenvalue weighted by Gasteiger charge is -2.13. The Morgan fingerprint density at radius 3 is 1.57 bits per heavy atom. The molecule has 5 rings (SSSR count). The van der Waals surface area contributed by atoms with Gasteiger partial charge in [0.2, 0.25) is 5.82 Å². The molecule has 0 aliphatic heterocycles. The zero-order chi connectivity index (χ0) is 30.9. The van der Waals surface area contributed by atoms with E-state index in [-0.39, 0.29) is 16.7 Å². The quantitative estimate of drug-likeness (QED) is 0.0692. The van der Waals surface area contributed by atoms with Gasteiger partial charge in [-0.3, -0.25) is 20.2 Å². The zero-order valence-electron chi connectivity index (χ0n) is 20.3. The fourth-order valence-electron chi connectivity index (χ4n) is 4.54. The SMILES string of the molecule is Cc1ccc2c(c1)C(=Nc1c(F)c(F)c(-c3c(F)c(F)c(F)c(F)c3F)c(F)c1F)c1cc([N+](=O)[O-])cc([N+](=O)[O-])c1-2. The molecule has 4 aromatic carbocycles. The monoisotopic (exact) mass is 597 g/mol. The molecule has 0 bridgehead atoms. The van der Waals surface area contributed by atoms with Crippen LogP contribution in [0.5, 0.6) is 0 Å². The Morgan fingerprint density at radius 1 is 0.571 bits per heavy atom. The van der Waals surface area contributed by atoms with Gasteiger partial charge in [-0.25, -0.2) is 44.5 Å². The molecule has 0 saturated carbocycles. The Morgan fingerprint density at radius 2 is 1.07 bits per heavy atom. The largest absolute Gasteiger partial charge is 0.284 e. The predicted molar refractivity (Wildman–Crippen MR) is 127 cm³/mol. The molecule has 7 nitrogen and oxygen atoms in total. The van der Waals surface area contributed by atoms with Gasteiger partial charge in [0.15, 0.2) is 46.5 Å². The van der Waals surface area contributed by atoms with Crippen LogP contribution < -0.4 is 0 Å². The smallest absolute Gasteiger partial charge is 0.258 e. The number of nitrogens with zero attached hydrogens (tertiary/aromatic N) is 3. The number of fused-ring (bicyclic) bond motifs is 3. The number of halogens is 9. The number of hydrogen-bond acceptors (Lipinski definition) is 5. The number of nitro benzene ring substituents is 2. The van der Waals surface area contributed by atoms with E-state index in [1.165, 1.54) is 25.1 Å². The number of benzene rings is 4. The van der Waals surface area contributed by atoms with E-state index in [0.29, 0.717) is 11.6 Å². The van der Waals surface area contributed by atoms with Gasteiger partial charge in [-0.1, -0.05) is 17.7 Å². The Balaban J connectivity index is 1.86. The van der Waals surface area contributed by atoms with E-state index in [1.807, 2.05) is 0 Å². The van der Waals surface area contributed by atoms with Crippen molar-refractivity contribution >= 4 is 22.8 Å². The number of nitro groups is 2. The van der Waals surface area contributed by atoms with Crippen molar-refractivity contribution < 1.29 is 49.4 Å². The highest BCUT2D eigenvalue weighted by Gasteiger charge is 2.37. The minimum Gasteiger partial charge on any atom is -0.258 e. The van der Waals surface area contributed by atoms with Crippen molar-refractivity contribution in [3.05, 3.63) is 120 Å². The van der Waals surface area contributed by atoms with E-state index in [2.05, 4.69) is 4.99 Å². The molecule has 0 N–H and O–H groups in total. The maximum absolute atomic E-state index is 15.2. The molecule has 0 unspecified atom stereocenters. The summed E-state index contributed by atoms with van der Waals surface area (Å²) in [4.78, 5) is 24.8.